The van der Waals surface area contributed by atoms with Gasteiger partial charge in [-0.05, 0) is 55.4 Å². The van der Waals surface area contributed by atoms with Crippen molar-refractivity contribution in [3.05, 3.63) is 55.6 Å². The Morgan fingerprint density at radius 3 is 2.70 bits per heavy atom. The van der Waals surface area contributed by atoms with Crippen molar-refractivity contribution in [2.24, 2.45) is 13.0 Å². The van der Waals surface area contributed by atoms with Gasteiger partial charge < -0.3 is 15.2 Å². The molecule has 2 amide bonds. The molecule has 2 heterocycles. The third-order valence-electron chi connectivity index (χ3n) is 6.14. The minimum absolute atomic E-state index is 0.00772. The molecule has 37 heavy (non-hydrogen) atoms. The maximum absolute atomic E-state index is 12.9. The van der Waals surface area contributed by atoms with E-state index in [0.717, 1.165) is 31.2 Å². The van der Waals surface area contributed by atoms with E-state index in [-0.39, 0.29) is 28.5 Å². The number of aromatic nitrogens is 3. The number of anilines is 1. The number of thiophene rings is 1. The molecular weight excluding hydrogens is 551 g/mol. The van der Waals surface area contributed by atoms with Crippen LogP contribution in [0.2, 0.25) is 10.0 Å². The number of amides is 2. The van der Waals surface area contributed by atoms with Crippen molar-refractivity contribution >= 4 is 63.1 Å². The minimum atomic E-state index is -0.435. The smallest absolute Gasteiger partial charge is 0.253 e. The first kappa shape index (κ1) is 27.5. The number of carbonyl (C=O) groups is 2. The highest BCUT2D eigenvalue weighted by Gasteiger charge is 2.27. The van der Waals surface area contributed by atoms with Crippen LogP contribution in [0.3, 0.4) is 0 Å². The topological polar surface area (TPSA) is 113 Å². The lowest BCUT2D eigenvalue weighted by molar-refractivity contribution is -0.113. The van der Waals surface area contributed by atoms with Gasteiger partial charge in [0.25, 0.3) is 5.91 Å². The zero-order chi connectivity index (χ0) is 26.7. The summed E-state index contributed by atoms with van der Waals surface area (Å²) in [6.07, 6.45) is 4.03. The molecule has 1 atom stereocenters. The van der Waals surface area contributed by atoms with Gasteiger partial charge in [-0.2, -0.15) is 5.26 Å². The highest BCUT2D eigenvalue weighted by Crippen LogP contribution is 2.37. The fraction of sp³-hybridized carbons (Fsp3) is 0.400. The van der Waals surface area contributed by atoms with Crippen LogP contribution in [-0.2, 0) is 24.7 Å². The maximum Gasteiger partial charge on any atom is 0.253 e. The second-order valence-corrected chi connectivity index (χ2v) is 12.0. The van der Waals surface area contributed by atoms with Crippen LogP contribution in [0.1, 0.15) is 64.9 Å². The van der Waals surface area contributed by atoms with Crippen LogP contribution >= 0.6 is 46.3 Å². The third kappa shape index (κ3) is 6.12. The van der Waals surface area contributed by atoms with E-state index in [9.17, 15) is 14.9 Å². The highest BCUT2D eigenvalue weighted by atomic mass is 35.5. The number of hydrogen-bond donors (Lipinski definition) is 2. The molecule has 0 fully saturated rings. The summed E-state index contributed by atoms with van der Waals surface area (Å²) < 4.78 is 1.77. The fourth-order valence-corrected chi connectivity index (χ4v) is 6.68. The molecule has 0 spiro atoms. The van der Waals surface area contributed by atoms with Crippen molar-refractivity contribution in [2.75, 3.05) is 11.1 Å². The monoisotopic (exact) mass is 576 g/mol. The molecule has 1 aliphatic rings. The Hall–Kier alpha value is -2.58. The van der Waals surface area contributed by atoms with Crippen LogP contribution in [0.25, 0.3) is 0 Å². The number of carbonyl (C=O) groups excluding carboxylic acids is 2. The summed E-state index contributed by atoms with van der Waals surface area (Å²) in [5, 5.41) is 25.9. The van der Waals surface area contributed by atoms with Crippen LogP contribution in [0.4, 0.5) is 5.00 Å². The molecule has 8 nitrogen and oxygen atoms in total. The van der Waals surface area contributed by atoms with Gasteiger partial charge in [-0.1, -0.05) is 48.8 Å². The number of rotatable bonds is 8. The van der Waals surface area contributed by atoms with Gasteiger partial charge >= 0.3 is 0 Å². The van der Waals surface area contributed by atoms with Gasteiger partial charge in [-0.15, -0.1) is 21.5 Å². The molecule has 0 radical (unpaired) electrons. The first-order valence-electron chi connectivity index (χ1n) is 11.8. The van der Waals surface area contributed by atoms with Gasteiger partial charge in [-0.25, -0.2) is 0 Å². The van der Waals surface area contributed by atoms with Crippen LogP contribution < -0.4 is 10.6 Å². The lowest BCUT2D eigenvalue weighted by Crippen LogP contribution is -2.33. The molecule has 0 unspecified atom stereocenters. The number of nitrogens with one attached hydrogen (secondary N) is 2. The normalized spacial score (nSPS) is 13.6. The SMILES string of the molecule is CC(C)[C@@H](NC(=O)c1ccc(Cl)cc1Cl)c1nnc(SCC(=O)Nc2sc3c(c2C#N)CCCC3)n1C. The van der Waals surface area contributed by atoms with Crippen LogP contribution in [0.15, 0.2) is 23.4 Å². The minimum Gasteiger partial charge on any atom is -0.342 e. The van der Waals surface area contributed by atoms with Crippen LogP contribution in [-0.4, -0.2) is 32.3 Å². The standard InChI is InChI=1S/C25H26Cl2N6O2S2/c1-13(2)21(30-23(35)16-9-8-14(26)10-18(16)27)22-31-32-25(33(22)3)36-12-20(34)29-24-17(11-28)15-6-4-5-7-19(15)37-24/h8-10,13,21H,4-7,12H2,1-3H3,(H,29,34)(H,30,35)/t21-/m1/s1. The van der Waals surface area contributed by atoms with Gasteiger partial charge in [0.2, 0.25) is 5.91 Å². The summed E-state index contributed by atoms with van der Waals surface area (Å²) in [4.78, 5) is 26.8. The Bertz CT molecular complexity index is 1380. The molecule has 0 aliphatic heterocycles. The molecule has 4 rings (SSSR count). The molecule has 1 aromatic carbocycles. The molecular formula is C25H26Cl2N6O2S2. The Morgan fingerprint density at radius 1 is 1.24 bits per heavy atom. The largest absolute Gasteiger partial charge is 0.342 e. The molecule has 194 valence electrons. The summed E-state index contributed by atoms with van der Waals surface area (Å²) in [7, 11) is 1.80. The summed E-state index contributed by atoms with van der Waals surface area (Å²) in [6.45, 7) is 3.94. The number of hydrogen-bond acceptors (Lipinski definition) is 7. The first-order valence-corrected chi connectivity index (χ1v) is 14.4. The Labute approximate surface area is 233 Å². The van der Waals surface area contributed by atoms with E-state index in [1.807, 2.05) is 13.8 Å². The molecule has 0 bridgehead atoms. The average Bonchev–Trinajstić information content (AvgIpc) is 3.39. The summed E-state index contributed by atoms with van der Waals surface area (Å²) in [5.74, 6) is 0.125. The number of benzene rings is 1. The molecule has 12 heteroatoms. The Balaban J connectivity index is 1.43. The van der Waals surface area contributed by atoms with Crippen molar-refractivity contribution in [3.63, 3.8) is 0 Å². The number of halogens is 2. The van der Waals surface area contributed by atoms with E-state index in [1.54, 1.807) is 23.7 Å². The van der Waals surface area contributed by atoms with Gasteiger partial charge in [0.15, 0.2) is 11.0 Å². The second-order valence-electron chi connectivity index (χ2n) is 9.08. The van der Waals surface area contributed by atoms with Gasteiger partial charge in [0, 0.05) is 16.9 Å². The molecule has 3 aromatic rings. The summed E-state index contributed by atoms with van der Waals surface area (Å²) in [5.41, 5.74) is 1.99. The van der Waals surface area contributed by atoms with Crippen molar-refractivity contribution in [1.82, 2.24) is 20.1 Å². The van der Waals surface area contributed by atoms with Gasteiger partial charge in [0.1, 0.15) is 11.1 Å². The van der Waals surface area contributed by atoms with Crippen LogP contribution in [0.5, 0.6) is 0 Å². The lowest BCUT2D eigenvalue weighted by atomic mass is 9.96. The molecule has 1 aliphatic carbocycles. The van der Waals surface area contributed by atoms with Crippen molar-refractivity contribution in [2.45, 2.75) is 50.7 Å². The fourth-order valence-electron chi connectivity index (χ4n) is 4.21. The van der Waals surface area contributed by atoms with E-state index in [2.05, 4.69) is 26.9 Å². The quantitative estimate of drug-likeness (QED) is 0.328. The number of fused-ring (bicyclic) bond motifs is 1. The van der Waals surface area contributed by atoms with Gasteiger partial charge in [-0.3, -0.25) is 9.59 Å². The number of nitriles is 1. The number of aryl methyl sites for hydroxylation is 1. The zero-order valence-electron chi connectivity index (χ0n) is 20.6. The summed E-state index contributed by atoms with van der Waals surface area (Å²) in [6, 6.07) is 6.54. The molecule has 0 saturated carbocycles. The van der Waals surface area contributed by atoms with E-state index in [0.29, 0.717) is 32.1 Å². The average molecular weight is 578 g/mol. The van der Waals surface area contributed by atoms with Crippen molar-refractivity contribution < 1.29 is 9.59 Å². The first-order chi connectivity index (χ1) is 17.7. The Morgan fingerprint density at radius 2 is 2.00 bits per heavy atom. The predicted molar refractivity (Wildman–Crippen MR) is 148 cm³/mol. The van der Waals surface area contributed by atoms with Crippen LogP contribution in [0, 0.1) is 17.2 Å². The predicted octanol–water partition coefficient (Wildman–Crippen LogP) is 5.79. The lowest BCUT2D eigenvalue weighted by Gasteiger charge is -2.22. The van der Waals surface area contributed by atoms with Gasteiger partial charge in [0.05, 0.1) is 27.9 Å². The molecule has 0 saturated heterocycles. The van der Waals surface area contributed by atoms with E-state index in [1.165, 1.54) is 34.0 Å². The van der Waals surface area contributed by atoms with E-state index >= 15 is 0 Å². The van der Waals surface area contributed by atoms with Crippen molar-refractivity contribution in [3.8, 4) is 6.07 Å². The Kier molecular flexibility index (Phi) is 8.80. The molecule has 2 aromatic heterocycles. The second kappa shape index (κ2) is 11.9. The number of nitrogens with zero attached hydrogens (tertiary/aromatic N) is 4. The molecule has 2 N–H and O–H groups in total. The maximum atomic E-state index is 12.9. The summed E-state index contributed by atoms with van der Waals surface area (Å²) >= 11 is 14.9. The van der Waals surface area contributed by atoms with E-state index < -0.39 is 6.04 Å². The van der Waals surface area contributed by atoms with E-state index in [4.69, 9.17) is 23.2 Å². The highest BCUT2D eigenvalue weighted by molar-refractivity contribution is 7.99. The zero-order valence-corrected chi connectivity index (χ0v) is 23.7. The third-order valence-corrected chi connectivity index (χ3v) is 8.92. The number of thioether (sulfide) groups is 1. The van der Waals surface area contributed by atoms with Crippen molar-refractivity contribution in [1.29, 1.82) is 5.26 Å².